The Morgan fingerprint density at radius 2 is 0.778 bits per heavy atom. The molecule has 0 saturated heterocycles. The van der Waals surface area contributed by atoms with Crippen LogP contribution in [0.3, 0.4) is 0 Å². The molecule has 1 aromatic rings. The van der Waals surface area contributed by atoms with E-state index in [0.29, 0.717) is 13.7 Å². The molecule has 0 spiro atoms. The van der Waals surface area contributed by atoms with Gasteiger partial charge in [0.05, 0.1) is 0 Å². The van der Waals surface area contributed by atoms with E-state index in [0.717, 1.165) is 0 Å². The molecule has 1 heterocycles. The molecular weight excluding hydrogens is 366 g/mol. The number of aliphatic carboxylic acids is 3. The van der Waals surface area contributed by atoms with Gasteiger partial charge in [-0.2, -0.15) is 0 Å². The van der Waals surface area contributed by atoms with Crippen molar-refractivity contribution in [1.82, 2.24) is 13.7 Å². The van der Waals surface area contributed by atoms with Crippen molar-refractivity contribution in [3.8, 4) is 0 Å². The molecule has 12 nitrogen and oxygen atoms in total. The van der Waals surface area contributed by atoms with Crippen LogP contribution < -0.4 is 17.1 Å². The Hall–Kier alpha value is -3.18. The van der Waals surface area contributed by atoms with Crippen LogP contribution in [0.2, 0.25) is 0 Å². The van der Waals surface area contributed by atoms with Crippen LogP contribution in [0.1, 0.15) is 38.5 Å². The van der Waals surface area contributed by atoms with E-state index in [1.807, 2.05) is 0 Å². The molecule has 0 bridgehead atoms. The predicted molar refractivity (Wildman–Crippen MR) is 89.8 cm³/mol. The zero-order valence-electron chi connectivity index (χ0n) is 14.5. The molecule has 12 heteroatoms. The summed E-state index contributed by atoms with van der Waals surface area (Å²) in [6.07, 6.45) is -0.929. The SMILES string of the molecule is O=C(O)CCCn1c(=O)n(CCCC(=O)O)c(=O)n(CCCC(=O)O)c1=O. The fraction of sp³-hybridized carbons (Fsp3) is 0.600. The number of hydrogen-bond donors (Lipinski definition) is 3. The summed E-state index contributed by atoms with van der Waals surface area (Å²) in [5, 5.41) is 26.0. The van der Waals surface area contributed by atoms with Gasteiger partial charge in [0.15, 0.2) is 0 Å². The van der Waals surface area contributed by atoms with Gasteiger partial charge in [0.25, 0.3) is 0 Å². The van der Waals surface area contributed by atoms with Crippen LogP contribution >= 0.6 is 0 Å². The molecule has 1 rings (SSSR count). The van der Waals surface area contributed by atoms with Gasteiger partial charge in [-0.15, -0.1) is 0 Å². The average Bonchev–Trinajstić information content (AvgIpc) is 2.56. The Labute approximate surface area is 151 Å². The van der Waals surface area contributed by atoms with Crippen molar-refractivity contribution in [2.24, 2.45) is 0 Å². The second kappa shape index (κ2) is 10.1. The highest BCUT2D eigenvalue weighted by atomic mass is 16.4. The molecule has 1 aromatic heterocycles. The normalized spacial score (nSPS) is 10.7. The van der Waals surface area contributed by atoms with E-state index < -0.39 is 35.0 Å². The molecule has 0 aliphatic heterocycles. The van der Waals surface area contributed by atoms with Gasteiger partial charge in [-0.05, 0) is 19.3 Å². The molecule has 0 unspecified atom stereocenters. The molecule has 27 heavy (non-hydrogen) atoms. The molecule has 0 amide bonds. The summed E-state index contributed by atoms with van der Waals surface area (Å²) in [4.78, 5) is 69.1. The zero-order chi connectivity index (χ0) is 20.6. The maximum atomic E-state index is 12.4. The third-order valence-electron chi connectivity index (χ3n) is 3.70. The average molecular weight is 387 g/mol. The first-order chi connectivity index (χ1) is 12.6. The van der Waals surface area contributed by atoms with Crippen LogP contribution in [0.25, 0.3) is 0 Å². The Morgan fingerprint density at radius 3 is 0.963 bits per heavy atom. The minimum absolute atomic E-state index is 0.0209. The van der Waals surface area contributed by atoms with Gasteiger partial charge in [0.2, 0.25) is 0 Å². The van der Waals surface area contributed by atoms with Crippen molar-refractivity contribution in [2.75, 3.05) is 0 Å². The molecule has 0 aromatic carbocycles. The molecule has 0 aliphatic carbocycles. The minimum Gasteiger partial charge on any atom is -0.481 e. The van der Waals surface area contributed by atoms with Crippen LogP contribution in [-0.2, 0) is 34.0 Å². The third-order valence-corrected chi connectivity index (χ3v) is 3.70. The van der Waals surface area contributed by atoms with Gasteiger partial charge in [-0.1, -0.05) is 0 Å². The monoisotopic (exact) mass is 387 g/mol. The topological polar surface area (TPSA) is 178 Å². The lowest BCUT2D eigenvalue weighted by atomic mass is 10.3. The fourth-order valence-corrected chi connectivity index (χ4v) is 2.42. The highest BCUT2D eigenvalue weighted by molar-refractivity contribution is 5.67. The van der Waals surface area contributed by atoms with Crippen LogP contribution in [0, 0.1) is 0 Å². The van der Waals surface area contributed by atoms with Crippen molar-refractivity contribution >= 4 is 17.9 Å². The Bertz CT molecular complexity index is 733. The quantitative estimate of drug-likeness (QED) is 0.396. The van der Waals surface area contributed by atoms with Crippen molar-refractivity contribution in [3.05, 3.63) is 31.5 Å². The largest absolute Gasteiger partial charge is 0.481 e. The number of carboxylic acid groups (broad SMARTS) is 3. The van der Waals surface area contributed by atoms with E-state index in [-0.39, 0.29) is 58.2 Å². The van der Waals surface area contributed by atoms with Gasteiger partial charge in [0.1, 0.15) is 0 Å². The number of rotatable bonds is 12. The van der Waals surface area contributed by atoms with Gasteiger partial charge in [-0.3, -0.25) is 14.4 Å². The highest BCUT2D eigenvalue weighted by Gasteiger charge is 2.16. The maximum Gasteiger partial charge on any atom is 0.336 e. The highest BCUT2D eigenvalue weighted by Crippen LogP contribution is 1.95. The molecule has 0 saturated carbocycles. The second-order valence-corrected chi connectivity index (χ2v) is 5.79. The van der Waals surface area contributed by atoms with Crippen LogP contribution in [-0.4, -0.2) is 46.9 Å². The summed E-state index contributed by atoms with van der Waals surface area (Å²) in [7, 11) is 0. The Morgan fingerprint density at radius 1 is 0.556 bits per heavy atom. The van der Waals surface area contributed by atoms with Crippen molar-refractivity contribution in [3.63, 3.8) is 0 Å². The van der Waals surface area contributed by atoms with E-state index >= 15 is 0 Å². The van der Waals surface area contributed by atoms with Crippen molar-refractivity contribution < 1.29 is 29.7 Å². The maximum absolute atomic E-state index is 12.4. The molecule has 0 fully saturated rings. The lowest BCUT2D eigenvalue weighted by molar-refractivity contribution is -0.138. The number of carboxylic acids is 3. The first-order valence-corrected chi connectivity index (χ1v) is 8.25. The van der Waals surface area contributed by atoms with E-state index in [2.05, 4.69) is 0 Å². The van der Waals surface area contributed by atoms with Gasteiger partial charge >= 0.3 is 35.0 Å². The third kappa shape index (κ3) is 6.56. The lowest BCUT2D eigenvalue weighted by Crippen LogP contribution is -2.54. The fourth-order valence-electron chi connectivity index (χ4n) is 2.42. The molecule has 0 aliphatic rings. The number of carbonyl (C=O) groups is 3. The molecule has 150 valence electrons. The zero-order valence-corrected chi connectivity index (χ0v) is 14.5. The van der Waals surface area contributed by atoms with E-state index in [1.165, 1.54) is 0 Å². The predicted octanol–water partition coefficient (Wildman–Crippen LogP) is -1.23. The van der Waals surface area contributed by atoms with Crippen LogP contribution in [0.5, 0.6) is 0 Å². The summed E-state index contributed by atoms with van der Waals surface area (Å²) >= 11 is 0. The first-order valence-electron chi connectivity index (χ1n) is 8.25. The van der Waals surface area contributed by atoms with E-state index in [9.17, 15) is 28.8 Å². The smallest absolute Gasteiger partial charge is 0.336 e. The van der Waals surface area contributed by atoms with Crippen LogP contribution in [0.4, 0.5) is 0 Å². The summed E-state index contributed by atoms with van der Waals surface area (Å²) in [5.74, 6) is -3.33. The first kappa shape index (κ1) is 21.9. The minimum atomic E-state index is -1.11. The molecular formula is C15H21N3O9. The van der Waals surface area contributed by atoms with Gasteiger partial charge < -0.3 is 15.3 Å². The Kier molecular flexibility index (Phi) is 8.17. The summed E-state index contributed by atoms with van der Waals surface area (Å²) in [5.41, 5.74) is -2.85. The molecule has 0 radical (unpaired) electrons. The second-order valence-electron chi connectivity index (χ2n) is 5.79. The number of hydrogen-bond acceptors (Lipinski definition) is 6. The molecule has 0 atom stereocenters. The summed E-state index contributed by atoms with van der Waals surface area (Å²) in [6.45, 7) is -0.702. The Balaban J connectivity index is 3.25. The summed E-state index contributed by atoms with van der Waals surface area (Å²) < 4.78 is 2.14. The van der Waals surface area contributed by atoms with E-state index in [1.54, 1.807) is 0 Å². The lowest BCUT2D eigenvalue weighted by Gasteiger charge is -2.13. The van der Waals surface area contributed by atoms with Crippen LogP contribution in [0.15, 0.2) is 14.4 Å². The van der Waals surface area contributed by atoms with Crippen molar-refractivity contribution in [1.29, 1.82) is 0 Å². The van der Waals surface area contributed by atoms with Gasteiger partial charge in [-0.25, -0.2) is 28.1 Å². The van der Waals surface area contributed by atoms with E-state index in [4.69, 9.17) is 15.3 Å². The van der Waals surface area contributed by atoms with Gasteiger partial charge in [0, 0.05) is 38.9 Å². The number of aromatic nitrogens is 3. The summed E-state index contributed by atoms with van der Waals surface area (Å²) in [6, 6.07) is 0. The van der Waals surface area contributed by atoms with Crippen molar-refractivity contribution in [2.45, 2.75) is 58.2 Å². The molecule has 3 N–H and O–H groups in total. The number of nitrogens with zero attached hydrogens (tertiary/aromatic N) is 3. The standard InChI is InChI=1S/C15H21N3O9/c19-10(20)4-1-7-16-13(25)17(8-2-5-11(21)22)15(27)18(14(16)26)9-3-6-12(23)24/h1-9H2,(H,19,20)(H,21,22)(H,23,24).